The highest BCUT2D eigenvalue weighted by Gasteiger charge is 1.71. The molecule has 5 heavy (non-hydrogen) atoms. The number of alkyl halides is 2. The van der Waals surface area contributed by atoms with Gasteiger partial charge in [0, 0.05) is 12.6 Å². The lowest BCUT2D eigenvalue weighted by atomic mass is 10.6. The van der Waals surface area contributed by atoms with Crippen LogP contribution < -0.4 is 0 Å². The molecule has 0 amide bonds. The second kappa shape index (κ2) is 4.77. The third-order valence-electron chi connectivity index (χ3n) is 0.218. The Kier molecular flexibility index (Phi) is 3.76. The summed E-state index contributed by atoms with van der Waals surface area (Å²) >= 11 is 8.26. The van der Waals surface area contributed by atoms with Gasteiger partial charge in [-0.3, -0.25) is 0 Å². The van der Waals surface area contributed by atoms with Gasteiger partial charge in [0.05, 0.1) is 0 Å². The fourth-order valence-electron chi connectivity index (χ4n) is 0.0412. The molecule has 0 saturated carbocycles. The van der Waals surface area contributed by atoms with Gasteiger partial charge in [-0.25, -0.2) is 0 Å². The Balaban J connectivity index is 2.63. The summed E-state index contributed by atoms with van der Waals surface area (Å²) in [6.07, 6.45) is 0.724. The molecule has 0 nitrogen and oxygen atoms in total. The average Bonchev–Trinajstić information content (AvgIpc) is 1.35. The predicted octanol–water partition coefficient (Wildman–Crippen LogP) is 2.01. The van der Waals surface area contributed by atoms with Crippen molar-refractivity contribution in [3.05, 3.63) is 0 Å². The first-order valence-electron chi connectivity index (χ1n) is 1.97. The summed E-state index contributed by atoms with van der Waals surface area (Å²) in [5.74, 6) is 0.569. The molecule has 0 aromatic heterocycles. The van der Waals surface area contributed by atoms with Gasteiger partial charge in [0.15, 0.2) is 0 Å². The first-order valence-corrected chi connectivity index (χ1v) is 2.84. The van der Waals surface area contributed by atoms with Gasteiger partial charge < -0.3 is 0 Å². The lowest BCUT2D eigenvalue weighted by molar-refractivity contribution is 1.13. The lowest BCUT2D eigenvalue weighted by Crippen LogP contribution is -1.70. The average molecular weight is 158 g/mol. The Morgan fingerprint density at radius 3 is 2.60 bits per heavy atom. The molecule has 0 aliphatic rings. The Morgan fingerprint density at radius 2 is 2.60 bits per heavy atom. The van der Waals surface area contributed by atoms with Crippen molar-refractivity contribution in [1.29, 1.82) is 0 Å². The van der Waals surface area contributed by atoms with E-state index in [-0.39, 0.29) is 5.31 Å². The van der Waals surface area contributed by atoms with Gasteiger partial charge in [-0.05, 0) is 6.42 Å². The van der Waals surface area contributed by atoms with Gasteiger partial charge in [0.2, 0.25) is 0 Å². The quantitative estimate of drug-likeness (QED) is 0.539. The van der Waals surface area contributed by atoms with Crippen LogP contribution in [0.25, 0.3) is 0 Å². The molecule has 0 heterocycles. The number of hydrogen-bond acceptors (Lipinski definition) is 0. The third-order valence-corrected chi connectivity index (χ3v) is 0.894. The van der Waals surface area contributed by atoms with Crippen LogP contribution in [0, 0.1) is 0 Å². The molecule has 0 rings (SSSR count). The highest BCUT2D eigenvalue weighted by molar-refractivity contribution is 9.09. The van der Waals surface area contributed by atoms with Crippen molar-refractivity contribution in [2.24, 2.45) is 0 Å². The van der Waals surface area contributed by atoms with E-state index in [1.165, 1.54) is 0 Å². The molecule has 0 aliphatic heterocycles. The molecule has 0 aromatic carbocycles. The third kappa shape index (κ3) is 4.77. The minimum atomic E-state index is -0.171. The molecule has 32 valence electrons. The van der Waals surface area contributed by atoms with E-state index in [2.05, 4.69) is 15.9 Å². The predicted molar refractivity (Wildman–Crippen MR) is 29.1 cm³/mol. The van der Waals surface area contributed by atoms with E-state index in [0.717, 1.165) is 6.42 Å². The van der Waals surface area contributed by atoms with E-state index < -0.39 is 0 Å². The Bertz CT molecular complexity index is 32.0. The molecule has 2 heteroatoms. The molecule has 0 aromatic rings. The highest BCUT2D eigenvalue weighted by Crippen LogP contribution is 1.87. The Labute approximate surface area is 47.0 Å². The summed E-state index contributed by atoms with van der Waals surface area (Å²) in [5, 5.41) is -0.171. The van der Waals surface area contributed by atoms with E-state index >= 15 is 0 Å². The standard InChI is InChI=1S/C3H6BrCl/c4-2-1-3-5/h1-3H2/i2D. The number of hydrogen-bond donors (Lipinski definition) is 0. The minimum Gasteiger partial charge on any atom is -0.127 e. The van der Waals surface area contributed by atoms with Crippen molar-refractivity contribution < 1.29 is 1.37 Å². The summed E-state index contributed by atoms with van der Waals surface area (Å²) in [6.45, 7) is 0. The fourth-order valence-corrected chi connectivity index (χ4v) is 0.643. The second-order valence-corrected chi connectivity index (χ2v) is 1.66. The van der Waals surface area contributed by atoms with Gasteiger partial charge in [0.1, 0.15) is 0 Å². The van der Waals surface area contributed by atoms with E-state index in [1.54, 1.807) is 0 Å². The second-order valence-electron chi connectivity index (χ2n) is 0.632. The first-order chi connectivity index (χ1) is 2.77. The maximum absolute atomic E-state index is 6.81. The topological polar surface area (TPSA) is 0 Å². The minimum absolute atomic E-state index is 0.171. The van der Waals surface area contributed by atoms with Crippen molar-refractivity contribution >= 4 is 27.5 Å². The van der Waals surface area contributed by atoms with E-state index in [9.17, 15) is 0 Å². The molecule has 0 N–H and O–H groups in total. The first kappa shape index (κ1) is 3.94. The van der Waals surface area contributed by atoms with Crippen molar-refractivity contribution in [1.82, 2.24) is 0 Å². The van der Waals surface area contributed by atoms with E-state index in [0.29, 0.717) is 5.88 Å². The molecule has 0 saturated heterocycles. The Morgan fingerprint density at radius 1 is 2.00 bits per heavy atom. The molecule has 0 spiro atoms. The summed E-state index contributed by atoms with van der Waals surface area (Å²) in [6, 6.07) is 0. The van der Waals surface area contributed by atoms with Crippen LogP contribution in [0.3, 0.4) is 0 Å². The molecule has 0 aliphatic carbocycles. The van der Waals surface area contributed by atoms with E-state index in [1.807, 2.05) is 0 Å². The highest BCUT2D eigenvalue weighted by atomic mass is 79.9. The van der Waals surface area contributed by atoms with Crippen LogP contribution in [-0.2, 0) is 0 Å². The van der Waals surface area contributed by atoms with Gasteiger partial charge >= 0.3 is 0 Å². The SMILES string of the molecule is [2H]C(Br)CCCl. The number of halogens is 2. The molecule has 0 bridgehead atoms. The normalized spacial score (nSPS) is 17.6. The van der Waals surface area contributed by atoms with Crippen LogP contribution in [0.1, 0.15) is 7.79 Å². The molecule has 1 atom stereocenters. The molecule has 0 radical (unpaired) electrons. The van der Waals surface area contributed by atoms with Crippen LogP contribution in [0.15, 0.2) is 0 Å². The number of rotatable bonds is 2. The fraction of sp³-hybridized carbons (Fsp3) is 1.00. The maximum Gasteiger partial charge on any atom is 0.0387 e. The van der Waals surface area contributed by atoms with Crippen LogP contribution in [0.4, 0.5) is 0 Å². The molecule has 1 unspecified atom stereocenters. The van der Waals surface area contributed by atoms with Gasteiger partial charge in [0.25, 0.3) is 0 Å². The van der Waals surface area contributed by atoms with Crippen LogP contribution in [-0.4, -0.2) is 11.2 Å². The van der Waals surface area contributed by atoms with Crippen LogP contribution in [0.5, 0.6) is 0 Å². The van der Waals surface area contributed by atoms with Crippen molar-refractivity contribution in [2.45, 2.75) is 6.42 Å². The molecule has 0 fully saturated rings. The summed E-state index contributed by atoms with van der Waals surface area (Å²) in [7, 11) is 0. The van der Waals surface area contributed by atoms with Crippen LogP contribution in [0.2, 0.25) is 0 Å². The molecular formula is C3H6BrCl. The zero-order valence-corrected chi connectivity index (χ0v) is 5.09. The zero-order valence-electron chi connectivity index (χ0n) is 3.75. The van der Waals surface area contributed by atoms with E-state index in [4.69, 9.17) is 13.0 Å². The van der Waals surface area contributed by atoms with Crippen LogP contribution >= 0.6 is 27.5 Å². The van der Waals surface area contributed by atoms with Crippen molar-refractivity contribution in [3.63, 3.8) is 0 Å². The zero-order chi connectivity index (χ0) is 4.99. The van der Waals surface area contributed by atoms with Gasteiger partial charge in [-0.1, -0.05) is 15.9 Å². The smallest absolute Gasteiger partial charge is 0.0387 e. The summed E-state index contributed by atoms with van der Waals surface area (Å²) in [5.41, 5.74) is 0. The van der Waals surface area contributed by atoms with Crippen molar-refractivity contribution in [2.75, 3.05) is 11.2 Å². The monoisotopic (exact) mass is 157 g/mol. The maximum atomic E-state index is 6.81. The van der Waals surface area contributed by atoms with Gasteiger partial charge in [-0.15, -0.1) is 11.6 Å². The van der Waals surface area contributed by atoms with Crippen molar-refractivity contribution in [3.8, 4) is 0 Å². The lowest BCUT2D eigenvalue weighted by Gasteiger charge is -1.75. The Hall–Kier alpha value is 0.770. The molecular weight excluding hydrogens is 151 g/mol. The summed E-state index contributed by atoms with van der Waals surface area (Å²) in [4.78, 5) is 0. The largest absolute Gasteiger partial charge is 0.127 e. The summed E-state index contributed by atoms with van der Waals surface area (Å²) < 4.78 is 6.81. The van der Waals surface area contributed by atoms with Gasteiger partial charge in [-0.2, -0.15) is 0 Å².